The zero-order valence-corrected chi connectivity index (χ0v) is 7.97. The maximum atomic E-state index is 8.46. The zero-order chi connectivity index (χ0) is 9.23. The van der Waals surface area contributed by atoms with Gasteiger partial charge in [-0.3, -0.25) is 0 Å². The fraction of sp³-hybridized carbons (Fsp3) is 0.889. The van der Waals surface area contributed by atoms with Crippen LogP contribution in [0, 0.1) is 17.2 Å². The van der Waals surface area contributed by atoms with E-state index >= 15 is 0 Å². The van der Waals surface area contributed by atoms with Crippen LogP contribution in [-0.4, -0.2) is 26.3 Å². The Labute approximate surface area is 74.7 Å². The number of nitrogens with one attached hydrogen (secondary N) is 1. The summed E-state index contributed by atoms with van der Waals surface area (Å²) in [4.78, 5) is 0. The number of rotatable bonds is 7. The molecule has 0 aromatic carbocycles. The van der Waals surface area contributed by atoms with Crippen LogP contribution in [0.4, 0.5) is 0 Å². The van der Waals surface area contributed by atoms with E-state index in [9.17, 15) is 0 Å². The minimum Gasteiger partial charge on any atom is -0.382 e. The van der Waals surface area contributed by atoms with Gasteiger partial charge >= 0.3 is 0 Å². The number of nitrogens with zero attached hydrogens (tertiary/aromatic N) is 1. The molecular formula is C9H18N2O. The Hall–Kier alpha value is -0.590. The summed E-state index contributed by atoms with van der Waals surface area (Å²) in [5.41, 5.74) is 0. The van der Waals surface area contributed by atoms with Gasteiger partial charge in [0.1, 0.15) is 0 Å². The molecule has 3 heteroatoms. The summed E-state index contributed by atoms with van der Waals surface area (Å²) in [6.07, 6.45) is 1.02. The lowest BCUT2D eigenvalue weighted by atomic mass is 10.2. The Morgan fingerprint density at radius 2 is 2.33 bits per heavy atom. The Balaban J connectivity index is 2.96. The molecule has 0 aromatic heterocycles. The van der Waals surface area contributed by atoms with Gasteiger partial charge in [-0.15, -0.1) is 0 Å². The molecule has 0 spiro atoms. The van der Waals surface area contributed by atoms with E-state index in [1.54, 1.807) is 0 Å². The topological polar surface area (TPSA) is 45.0 Å². The third-order valence-corrected chi connectivity index (χ3v) is 1.52. The molecule has 1 atom stereocenters. The van der Waals surface area contributed by atoms with Crippen molar-refractivity contribution in [2.75, 3.05) is 26.3 Å². The molecule has 0 aliphatic rings. The highest BCUT2D eigenvalue weighted by Gasteiger charge is 1.96. The van der Waals surface area contributed by atoms with E-state index in [1.165, 1.54) is 0 Å². The fourth-order valence-electron chi connectivity index (χ4n) is 0.808. The second kappa shape index (κ2) is 8.51. The first-order valence-corrected chi connectivity index (χ1v) is 4.49. The third-order valence-electron chi connectivity index (χ3n) is 1.52. The van der Waals surface area contributed by atoms with Gasteiger partial charge in [0.05, 0.1) is 12.0 Å². The largest absolute Gasteiger partial charge is 0.382 e. The highest BCUT2D eigenvalue weighted by Crippen LogP contribution is 1.87. The van der Waals surface area contributed by atoms with Crippen molar-refractivity contribution >= 4 is 0 Å². The van der Waals surface area contributed by atoms with Crippen molar-refractivity contribution in [3.05, 3.63) is 0 Å². The molecular weight excluding hydrogens is 152 g/mol. The molecule has 0 fully saturated rings. The molecule has 0 radical (unpaired) electrons. The maximum Gasteiger partial charge on any atom is 0.0666 e. The van der Waals surface area contributed by atoms with E-state index in [0.717, 1.165) is 32.7 Å². The van der Waals surface area contributed by atoms with Gasteiger partial charge in [-0.2, -0.15) is 5.26 Å². The van der Waals surface area contributed by atoms with Crippen LogP contribution in [0.1, 0.15) is 20.3 Å². The zero-order valence-electron chi connectivity index (χ0n) is 7.97. The molecule has 0 aliphatic heterocycles. The number of ether oxygens (including phenoxy) is 1. The monoisotopic (exact) mass is 170 g/mol. The molecule has 0 aliphatic carbocycles. The second-order valence-corrected chi connectivity index (χ2v) is 2.78. The molecule has 0 aromatic rings. The van der Waals surface area contributed by atoms with Crippen LogP contribution in [0.3, 0.4) is 0 Å². The highest BCUT2D eigenvalue weighted by atomic mass is 16.5. The second-order valence-electron chi connectivity index (χ2n) is 2.78. The summed E-state index contributed by atoms with van der Waals surface area (Å²) in [7, 11) is 0. The van der Waals surface area contributed by atoms with Crippen molar-refractivity contribution in [2.24, 2.45) is 5.92 Å². The molecule has 0 rings (SSSR count). The van der Waals surface area contributed by atoms with Crippen LogP contribution in [-0.2, 0) is 4.74 Å². The van der Waals surface area contributed by atoms with Crippen LogP contribution in [0.25, 0.3) is 0 Å². The van der Waals surface area contributed by atoms with Crippen LogP contribution in [0.5, 0.6) is 0 Å². The fourth-order valence-corrected chi connectivity index (χ4v) is 0.808. The van der Waals surface area contributed by atoms with E-state index in [0.29, 0.717) is 0 Å². The van der Waals surface area contributed by atoms with Crippen molar-refractivity contribution in [3.63, 3.8) is 0 Å². The van der Waals surface area contributed by atoms with Gasteiger partial charge in [0, 0.05) is 19.8 Å². The minimum absolute atomic E-state index is 0.108. The summed E-state index contributed by atoms with van der Waals surface area (Å²) in [5, 5.41) is 11.7. The van der Waals surface area contributed by atoms with E-state index < -0.39 is 0 Å². The predicted molar refractivity (Wildman–Crippen MR) is 48.8 cm³/mol. The molecule has 1 unspecified atom stereocenters. The van der Waals surface area contributed by atoms with Gasteiger partial charge in [-0.1, -0.05) is 0 Å². The van der Waals surface area contributed by atoms with Gasteiger partial charge in [0.25, 0.3) is 0 Å². The molecule has 0 saturated carbocycles. The highest BCUT2D eigenvalue weighted by molar-refractivity contribution is 4.79. The quantitative estimate of drug-likeness (QED) is 0.583. The van der Waals surface area contributed by atoms with Crippen molar-refractivity contribution in [2.45, 2.75) is 20.3 Å². The Morgan fingerprint density at radius 1 is 1.58 bits per heavy atom. The number of hydrogen-bond acceptors (Lipinski definition) is 3. The number of hydrogen-bond donors (Lipinski definition) is 1. The molecule has 0 heterocycles. The molecule has 3 nitrogen and oxygen atoms in total. The van der Waals surface area contributed by atoms with Gasteiger partial charge in [0.15, 0.2) is 0 Å². The Kier molecular flexibility index (Phi) is 8.09. The van der Waals surface area contributed by atoms with Gasteiger partial charge in [-0.05, 0) is 26.8 Å². The van der Waals surface area contributed by atoms with Gasteiger partial charge < -0.3 is 10.1 Å². The molecule has 1 N–H and O–H groups in total. The molecule has 0 amide bonds. The summed E-state index contributed by atoms with van der Waals surface area (Å²) in [6.45, 7) is 7.22. The average Bonchev–Trinajstić information content (AvgIpc) is 2.10. The first-order chi connectivity index (χ1) is 5.81. The van der Waals surface area contributed by atoms with Crippen molar-refractivity contribution in [1.29, 1.82) is 5.26 Å². The van der Waals surface area contributed by atoms with Gasteiger partial charge in [-0.25, -0.2) is 0 Å². The summed E-state index contributed by atoms with van der Waals surface area (Å²) in [5.74, 6) is 0.108. The van der Waals surface area contributed by atoms with Gasteiger partial charge in [0.2, 0.25) is 0 Å². The maximum absolute atomic E-state index is 8.46. The summed E-state index contributed by atoms with van der Waals surface area (Å²) >= 11 is 0. The lowest BCUT2D eigenvalue weighted by Gasteiger charge is -2.05. The van der Waals surface area contributed by atoms with Crippen LogP contribution in [0.2, 0.25) is 0 Å². The smallest absolute Gasteiger partial charge is 0.0666 e. The van der Waals surface area contributed by atoms with Crippen LogP contribution < -0.4 is 5.32 Å². The molecule has 12 heavy (non-hydrogen) atoms. The molecule has 0 saturated heterocycles. The van der Waals surface area contributed by atoms with Crippen molar-refractivity contribution in [1.82, 2.24) is 5.32 Å². The molecule has 0 bridgehead atoms. The first kappa shape index (κ1) is 11.4. The standard InChI is InChI=1S/C9H18N2O/c1-3-12-6-4-5-11-8-9(2)7-10/h9,11H,3-6,8H2,1-2H3. The lowest BCUT2D eigenvalue weighted by Crippen LogP contribution is -2.22. The van der Waals surface area contributed by atoms with E-state index in [-0.39, 0.29) is 5.92 Å². The van der Waals surface area contributed by atoms with E-state index in [1.807, 2.05) is 13.8 Å². The summed E-state index contributed by atoms with van der Waals surface area (Å²) < 4.78 is 5.16. The predicted octanol–water partition coefficient (Wildman–Crippen LogP) is 1.16. The Morgan fingerprint density at radius 3 is 2.92 bits per heavy atom. The van der Waals surface area contributed by atoms with E-state index in [4.69, 9.17) is 10.00 Å². The Bertz CT molecular complexity index is 131. The number of nitriles is 1. The molecule has 70 valence electrons. The van der Waals surface area contributed by atoms with Crippen LogP contribution in [0.15, 0.2) is 0 Å². The lowest BCUT2D eigenvalue weighted by molar-refractivity contribution is 0.144. The van der Waals surface area contributed by atoms with Crippen molar-refractivity contribution < 1.29 is 4.74 Å². The normalized spacial score (nSPS) is 12.4. The third kappa shape index (κ3) is 7.52. The van der Waals surface area contributed by atoms with Crippen molar-refractivity contribution in [3.8, 4) is 6.07 Å². The van der Waals surface area contributed by atoms with E-state index in [2.05, 4.69) is 11.4 Å². The minimum atomic E-state index is 0.108. The van der Waals surface area contributed by atoms with Crippen LogP contribution >= 0.6 is 0 Å². The summed E-state index contributed by atoms with van der Waals surface area (Å²) in [6, 6.07) is 2.17. The first-order valence-electron chi connectivity index (χ1n) is 4.49. The average molecular weight is 170 g/mol. The SMILES string of the molecule is CCOCCCNCC(C)C#N.